The summed E-state index contributed by atoms with van der Waals surface area (Å²) in [6.45, 7) is 4.00. The van der Waals surface area contributed by atoms with Gasteiger partial charge in [-0.25, -0.2) is 14.4 Å². The van der Waals surface area contributed by atoms with Gasteiger partial charge in [0.15, 0.2) is 11.6 Å². The monoisotopic (exact) mass is 366 g/mol. The van der Waals surface area contributed by atoms with Gasteiger partial charge in [-0.15, -0.1) is 0 Å². The number of hydrogen-bond acceptors (Lipinski definition) is 6. The van der Waals surface area contributed by atoms with Crippen molar-refractivity contribution in [2.45, 2.75) is 13.8 Å². The van der Waals surface area contributed by atoms with Gasteiger partial charge in [0.1, 0.15) is 17.8 Å². The van der Waals surface area contributed by atoms with Crippen LogP contribution < -0.4 is 21.9 Å². The standard InChI is InChI=1S/C19H19FN6O/c1-11-3-8-15(12(2)9-11)24-17-16(21)18(23-10-22-17)25-26-19(27)13-4-6-14(20)7-5-13/h3-10H,21H2,1-2H3,(H,26,27)(H2,22,23,24,25). The molecule has 27 heavy (non-hydrogen) atoms. The molecule has 0 unspecified atom stereocenters. The molecule has 1 aromatic heterocycles. The van der Waals surface area contributed by atoms with Gasteiger partial charge in [-0.3, -0.25) is 15.6 Å². The summed E-state index contributed by atoms with van der Waals surface area (Å²) in [6.07, 6.45) is 1.33. The average molecular weight is 366 g/mol. The van der Waals surface area contributed by atoms with Crippen molar-refractivity contribution >= 4 is 28.9 Å². The van der Waals surface area contributed by atoms with Crippen molar-refractivity contribution in [1.82, 2.24) is 15.4 Å². The fourth-order valence-corrected chi connectivity index (χ4v) is 2.47. The Morgan fingerprint density at radius 2 is 1.74 bits per heavy atom. The number of nitrogens with zero attached hydrogens (tertiary/aromatic N) is 2. The molecule has 0 bridgehead atoms. The summed E-state index contributed by atoms with van der Waals surface area (Å²) in [4.78, 5) is 20.3. The highest BCUT2D eigenvalue weighted by atomic mass is 19.1. The van der Waals surface area contributed by atoms with Gasteiger partial charge in [0.25, 0.3) is 5.91 Å². The van der Waals surface area contributed by atoms with Crippen LogP contribution in [0, 0.1) is 19.7 Å². The largest absolute Gasteiger partial charge is 0.393 e. The quantitative estimate of drug-likeness (QED) is 0.516. The maximum atomic E-state index is 12.9. The number of aromatic nitrogens is 2. The van der Waals surface area contributed by atoms with Crippen molar-refractivity contribution in [3.8, 4) is 0 Å². The van der Waals surface area contributed by atoms with Crippen LogP contribution in [-0.4, -0.2) is 15.9 Å². The maximum absolute atomic E-state index is 12.9. The number of nitrogens with two attached hydrogens (primary N) is 1. The molecule has 138 valence electrons. The van der Waals surface area contributed by atoms with E-state index in [2.05, 4.69) is 26.1 Å². The molecule has 0 radical (unpaired) electrons. The minimum Gasteiger partial charge on any atom is -0.393 e. The predicted molar refractivity (Wildman–Crippen MR) is 103 cm³/mol. The second kappa shape index (κ2) is 7.69. The Hall–Kier alpha value is -3.68. The van der Waals surface area contributed by atoms with E-state index in [1.165, 1.54) is 30.6 Å². The molecule has 5 N–H and O–H groups in total. The highest BCUT2D eigenvalue weighted by Gasteiger charge is 2.11. The Bertz CT molecular complexity index is 974. The fourth-order valence-electron chi connectivity index (χ4n) is 2.47. The van der Waals surface area contributed by atoms with Crippen LogP contribution >= 0.6 is 0 Å². The van der Waals surface area contributed by atoms with Crippen molar-refractivity contribution in [2.24, 2.45) is 0 Å². The first kappa shape index (κ1) is 18.1. The van der Waals surface area contributed by atoms with Gasteiger partial charge in [-0.1, -0.05) is 17.7 Å². The van der Waals surface area contributed by atoms with Gasteiger partial charge in [0, 0.05) is 11.3 Å². The molecule has 0 saturated carbocycles. The number of benzene rings is 2. The number of anilines is 4. The molecule has 3 aromatic rings. The number of hydrogen-bond donors (Lipinski definition) is 4. The van der Waals surface area contributed by atoms with Crippen LogP contribution in [0.4, 0.5) is 27.4 Å². The molecule has 2 aromatic carbocycles. The highest BCUT2D eigenvalue weighted by Crippen LogP contribution is 2.27. The van der Waals surface area contributed by atoms with E-state index in [1.54, 1.807) is 0 Å². The van der Waals surface area contributed by atoms with E-state index in [0.717, 1.165) is 16.8 Å². The van der Waals surface area contributed by atoms with Crippen LogP contribution in [0.2, 0.25) is 0 Å². The van der Waals surface area contributed by atoms with Gasteiger partial charge in [0.05, 0.1) is 0 Å². The fraction of sp³-hybridized carbons (Fsp3) is 0.105. The zero-order valence-corrected chi connectivity index (χ0v) is 14.9. The summed E-state index contributed by atoms with van der Waals surface area (Å²) in [5, 5.41) is 3.16. The Balaban J connectivity index is 1.72. The first-order valence-electron chi connectivity index (χ1n) is 8.20. The first-order valence-corrected chi connectivity index (χ1v) is 8.20. The lowest BCUT2D eigenvalue weighted by atomic mass is 10.1. The number of rotatable bonds is 5. The summed E-state index contributed by atoms with van der Waals surface area (Å²) in [5.41, 5.74) is 14.9. The second-order valence-corrected chi connectivity index (χ2v) is 6.01. The molecule has 3 rings (SSSR count). The molecule has 0 aliphatic carbocycles. The zero-order valence-electron chi connectivity index (χ0n) is 14.9. The Morgan fingerprint density at radius 3 is 2.44 bits per heavy atom. The summed E-state index contributed by atoms with van der Waals surface area (Å²) >= 11 is 0. The number of amides is 1. The molecule has 8 heteroatoms. The van der Waals surface area contributed by atoms with Crippen molar-refractivity contribution < 1.29 is 9.18 Å². The molecule has 0 aliphatic rings. The van der Waals surface area contributed by atoms with E-state index in [1.807, 2.05) is 32.0 Å². The molecular formula is C19H19FN6O. The van der Waals surface area contributed by atoms with E-state index >= 15 is 0 Å². The number of nitrogens with one attached hydrogen (secondary N) is 3. The molecular weight excluding hydrogens is 347 g/mol. The first-order chi connectivity index (χ1) is 12.9. The van der Waals surface area contributed by atoms with E-state index in [0.29, 0.717) is 11.4 Å². The summed E-state index contributed by atoms with van der Waals surface area (Å²) in [7, 11) is 0. The molecule has 1 heterocycles. The van der Waals surface area contributed by atoms with Gasteiger partial charge in [0.2, 0.25) is 0 Å². The number of aryl methyl sites for hydroxylation is 2. The normalized spacial score (nSPS) is 10.3. The van der Waals surface area contributed by atoms with Crippen LogP contribution in [0.5, 0.6) is 0 Å². The van der Waals surface area contributed by atoms with E-state index in [9.17, 15) is 9.18 Å². The lowest BCUT2D eigenvalue weighted by molar-refractivity contribution is 0.0962. The smallest absolute Gasteiger partial charge is 0.269 e. The van der Waals surface area contributed by atoms with Crippen molar-refractivity contribution in [1.29, 1.82) is 0 Å². The number of carbonyl (C=O) groups excluding carboxylic acids is 1. The van der Waals surface area contributed by atoms with Crippen molar-refractivity contribution in [3.05, 3.63) is 71.3 Å². The number of hydrazine groups is 1. The average Bonchev–Trinajstić information content (AvgIpc) is 2.65. The SMILES string of the molecule is Cc1ccc(Nc2ncnc(NNC(=O)c3ccc(F)cc3)c2N)c(C)c1. The third kappa shape index (κ3) is 4.30. The lowest BCUT2D eigenvalue weighted by Crippen LogP contribution is -2.30. The number of carbonyl (C=O) groups is 1. The van der Waals surface area contributed by atoms with Gasteiger partial charge in [-0.2, -0.15) is 0 Å². The Morgan fingerprint density at radius 1 is 1.04 bits per heavy atom. The third-order valence-electron chi connectivity index (χ3n) is 3.92. The number of nitrogen functional groups attached to an aromatic ring is 1. The number of halogens is 1. The molecule has 0 aliphatic heterocycles. The van der Waals surface area contributed by atoms with Crippen LogP contribution in [0.25, 0.3) is 0 Å². The summed E-state index contributed by atoms with van der Waals surface area (Å²) in [6, 6.07) is 11.1. The Labute approximate surface area is 155 Å². The zero-order chi connectivity index (χ0) is 19.4. The van der Waals surface area contributed by atoms with Crippen molar-refractivity contribution in [3.63, 3.8) is 0 Å². The molecule has 0 spiro atoms. The molecule has 7 nitrogen and oxygen atoms in total. The highest BCUT2D eigenvalue weighted by molar-refractivity contribution is 5.95. The summed E-state index contributed by atoms with van der Waals surface area (Å²) < 4.78 is 12.9. The second-order valence-electron chi connectivity index (χ2n) is 6.01. The predicted octanol–water partition coefficient (Wildman–Crippen LogP) is 3.32. The molecule has 1 amide bonds. The Kier molecular flexibility index (Phi) is 5.16. The molecule has 0 saturated heterocycles. The van der Waals surface area contributed by atoms with E-state index < -0.39 is 11.7 Å². The van der Waals surface area contributed by atoms with Gasteiger partial charge < -0.3 is 11.1 Å². The molecule has 0 fully saturated rings. The van der Waals surface area contributed by atoms with Gasteiger partial charge >= 0.3 is 0 Å². The van der Waals surface area contributed by atoms with Crippen LogP contribution in [-0.2, 0) is 0 Å². The summed E-state index contributed by atoms with van der Waals surface area (Å²) in [5.74, 6) is -0.207. The van der Waals surface area contributed by atoms with Crippen molar-refractivity contribution in [2.75, 3.05) is 16.5 Å². The minimum absolute atomic E-state index is 0.243. The molecule has 0 atom stereocenters. The minimum atomic E-state index is -0.447. The lowest BCUT2D eigenvalue weighted by Gasteiger charge is -2.14. The van der Waals surface area contributed by atoms with Gasteiger partial charge in [-0.05, 0) is 49.7 Å². The maximum Gasteiger partial charge on any atom is 0.269 e. The topological polar surface area (TPSA) is 105 Å². The van der Waals surface area contributed by atoms with Crippen LogP contribution in [0.3, 0.4) is 0 Å². The van der Waals surface area contributed by atoms with E-state index in [-0.39, 0.29) is 11.5 Å². The van der Waals surface area contributed by atoms with Crippen LogP contribution in [0.15, 0.2) is 48.8 Å². The third-order valence-corrected chi connectivity index (χ3v) is 3.92. The van der Waals surface area contributed by atoms with E-state index in [4.69, 9.17) is 5.73 Å². The van der Waals surface area contributed by atoms with Crippen LogP contribution in [0.1, 0.15) is 21.5 Å².